The van der Waals surface area contributed by atoms with Crippen LogP contribution in [0.25, 0.3) is 11.1 Å². The van der Waals surface area contributed by atoms with Crippen LogP contribution < -0.4 is 5.14 Å². The molecule has 0 heterocycles. The standard InChI is InChI=1S/C16H17NO4S/c17-22(20,21)15-10-8-14(9-11-15)13-6-4-12(5-7-13)2-1-3-16(18)19/h4-11H,1-3H2,(H,18,19)(H2,17,20,21). The Morgan fingerprint density at radius 3 is 1.91 bits per heavy atom. The number of aliphatic carboxylic acids is 1. The molecule has 2 rings (SSSR count). The van der Waals surface area contributed by atoms with Gasteiger partial charge < -0.3 is 5.11 Å². The van der Waals surface area contributed by atoms with E-state index in [0.29, 0.717) is 6.42 Å². The lowest BCUT2D eigenvalue weighted by atomic mass is 10.0. The monoisotopic (exact) mass is 319 g/mol. The molecule has 0 unspecified atom stereocenters. The predicted molar refractivity (Wildman–Crippen MR) is 83.8 cm³/mol. The summed E-state index contributed by atoms with van der Waals surface area (Å²) >= 11 is 0. The second kappa shape index (κ2) is 6.72. The maximum atomic E-state index is 11.2. The number of aryl methyl sites for hydroxylation is 1. The van der Waals surface area contributed by atoms with Gasteiger partial charge in [-0.25, -0.2) is 13.6 Å². The van der Waals surface area contributed by atoms with Crippen LogP contribution in [0.15, 0.2) is 53.4 Å². The molecule has 0 fully saturated rings. The zero-order chi connectivity index (χ0) is 16.2. The van der Waals surface area contributed by atoms with Crippen molar-refractivity contribution in [2.24, 2.45) is 5.14 Å². The summed E-state index contributed by atoms with van der Waals surface area (Å²) in [7, 11) is -3.67. The third-order valence-corrected chi connectivity index (χ3v) is 4.26. The van der Waals surface area contributed by atoms with Crippen LogP contribution in [0.4, 0.5) is 0 Å². The molecule has 0 aliphatic rings. The van der Waals surface area contributed by atoms with Gasteiger partial charge in [-0.2, -0.15) is 0 Å². The first-order valence-corrected chi connectivity index (χ1v) is 8.35. The zero-order valence-corrected chi connectivity index (χ0v) is 12.7. The van der Waals surface area contributed by atoms with Crippen LogP contribution in [0.2, 0.25) is 0 Å². The number of carboxylic acids is 1. The number of primary sulfonamides is 1. The minimum absolute atomic E-state index is 0.0848. The van der Waals surface area contributed by atoms with Gasteiger partial charge >= 0.3 is 5.97 Å². The van der Waals surface area contributed by atoms with Crippen molar-refractivity contribution in [1.29, 1.82) is 0 Å². The second-order valence-corrected chi connectivity index (χ2v) is 6.58. The molecule has 3 N–H and O–H groups in total. The van der Waals surface area contributed by atoms with E-state index in [1.54, 1.807) is 12.1 Å². The van der Waals surface area contributed by atoms with E-state index >= 15 is 0 Å². The number of rotatable bonds is 6. The van der Waals surface area contributed by atoms with Crippen LogP contribution in [0.1, 0.15) is 18.4 Å². The third kappa shape index (κ3) is 4.41. The molecule has 0 aromatic heterocycles. The normalized spacial score (nSPS) is 11.3. The summed E-state index contributed by atoms with van der Waals surface area (Å²) in [4.78, 5) is 10.6. The fraction of sp³-hybridized carbons (Fsp3) is 0.188. The van der Waals surface area contributed by atoms with Crippen LogP contribution in [-0.4, -0.2) is 19.5 Å². The first kappa shape index (κ1) is 16.2. The fourth-order valence-electron chi connectivity index (χ4n) is 2.14. The summed E-state index contributed by atoms with van der Waals surface area (Å²) in [6, 6.07) is 14.1. The number of carboxylic acid groups (broad SMARTS) is 1. The first-order chi connectivity index (χ1) is 10.4. The summed E-state index contributed by atoms with van der Waals surface area (Å²) in [6.45, 7) is 0. The van der Waals surface area contributed by atoms with Crippen molar-refractivity contribution in [2.75, 3.05) is 0 Å². The van der Waals surface area contributed by atoms with Crippen molar-refractivity contribution in [3.63, 3.8) is 0 Å². The Bertz CT molecular complexity index is 750. The molecule has 5 nitrogen and oxygen atoms in total. The van der Waals surface area contributed by atoms with Crippen LogP contribution >= 0.6 is 0 Å². The summed E-state index contributed by atoms with van der Waals surface area (Å²) in [5.74, 6) is -0.786. The van der Waals surface area contributed by atoms with Gasteiger partial charge in [-0.1, -0.05) is 36.4 Å². The molecular weight excluding hydrogens is 302 g/mol. The van der Waals surface area contributed by atoms with E-state index in [9.17, 15) is 13.2 Å². The minimum Gasteiger partial charge on any atom is -0.481 e. The van der Waals surface area contributed by atoms with Crippen LogP contribution in [0.3, 0.4) is 0 Å². The van der Waals surface area contributed by atoms with Gasteiger partial charge in [0.15, 0.2) is 0 Å². The smallest absolute Gasteiger partial charge is 0.303 e. The molecule has 0 saturated carbocycles. The Labute approximate surface area is 129 Å². The van der Waals surface area contributed by atoms with Crippen molar-refractivity contribution in [3.05, 3.63) is 54.1 Å². The lowest BCUT2D eigenvalue weighted by Crippen LogP contribution is -2.11. The van der Waals surface area contributed by atoms with Crippen molar-refractivity contribution in [3.8, 4) is 11.1 Å². The molecule has 22 heavy (non-hydrogen) atoms. The van der Waals surface area contributed by atoms with Gasteiger partial charge in [0.05, 0.1) is 4.90 Å². The minimum atomic E-state index is -3.67. The number of carbonyl (C=O) groups is 1. The molecule has 116 valence electrons. The lowest BCUT2D eigenvalue weighted by Gasteiger charge is -2.05. The lowest BCUT2D eigenvalue weighted by molar-refractivity contribution is -0.137. The molecule has 0 aliphatic carbocycles. The van der Waals surface area contributed by atoms with Crippen molar-refractivity contribution < 1.29 is 18.3 Å². The number of hydrogen-bond acceptors (Lipinski definition) is 3. The van der Waals surface area contributed by atoms with Gasteiger partial charge in [-0.15, -0.1) is 0 Å². The summed E-state index contributed by atoms with van der Waals surface area (Å²) in [5.41, 5.74) is 2.93. The molecule has 0 bridgehead atoms. The molecule has 0 atom stereocenters. The van der Waals surface area contributed by atoms with E-state index in [4.69, 9.17) is 10.2 Å². The van der Waals surface area contributed by atoms with Gasteiger partial charge in [0, 0.05) is 6.42 Å². The Kier molecular flexibility index (Phi) is 4.95. The highest BCUT2D eigenvalue weighted by molar-refractivity contribution is 7.89. The van der Waals surface area contributed by atoms with Crippen LogP contribution in [0.5, 0.6) is 0 Å². The first-order valence-electron chi connectivity index (χ1n) is 6.80. The Morgan fingerprint density at radius 1 is 0.955 bits per heavy atom. The van der Waals surface area contributed by atoms with E-state index in [1.165, 1.54) is 12.1 Å². The number of hydrogen-bond donors (Lipinski definition) is 2. The quantitative estimate of drug-likeness (QED) is 0.854. The summed E-state index contributed by atoms with van der Waals surface area (Å²) in [6.07, 6.45) is 1.49. The van der Waals surface area contributed by atoms with Crippen molar-refractivity contribution >= 4 is 16.0 Å². The number of nitrogens with two attached hydrogens (primary N) is 1. The number of sulfonamides is 1. The maximum Gasteiger partial charge on any atom is 0.303 e. The van der Waals surface area contributed by atoms with Gasteiger partial charge in [0.2, 0.25) is 10.0 Å². The predicted octanol–water partition coefficient (Wildman–Crippen LogP) is 2.41. The molecule has 0 saturated heterocycles. The van der Waals surface area contributed by atoms with E-state index in [0.717, 1.165) is 23.1 Å². The molecule has 0 radical (unpaired) electrons. The largest absolute Gasteiger partial charge is 0.481 e. The van der Waals surface area contributed by atoms with Gasteiger partial charge in [-0.05, 0) is 41.7 Å². The molecule has 0 aliphatic heterocycles. The van der Waals surface area contributed by atoms with E-state index < -0.39 is 16.0 Å². The highest BCUT2D eigenvalue weighted by atomic mass is 32.2. The zero-order valence-electron chi connectivity index (χ0n) is 11.9. The molecule has 6 heteroatoms. The van der Waals surface area contributed by atoms with Gasteiger partial charge in [0.1, 0.15) is 0 Å². The fourth-order valence-corrected chi connectivity index (χ4v) is 2.66. The Morgan fingerprint density at radius 2 is 1.45 bits per heavy atom. The SMILES string of the molecule is NS(=O)(=O)c1ccc(-c2ccc(CCCC(=O)O)cc2)cc1. The second-order valence-electron chi connectivity index (χ2n) is 5.01. The topological polar surface area (TPSA) is 97.5 Å². The maximum absolute atomic E-state index is 11.2. The van der Waals surface area contributed by atoms with Crippen molar-refractivity contribution in [2.45, 2.75) is 24.2 Å². The van der Waals surface area contributed by atoms with E-state index in [-0.39, 0.29) is 11.3 Å². The Balaban J connectivity index is 2.08. The average Bonchev–Trinajstić information content (AvgIpc) is 2.47. The molecular formula is C16H17NO4S. The third-order valence-electron chi connectivity index (χ3n) is 3.33. The van der Waals surface area contributed by atoms with Crippen molar-refractivity contribution in [1.82, 2.24) is 0 Å². The Hall–Kier alpha value is -2.18. The van der Waals surface area contributed by atoms with Crippen LogP contribution in [0, 0.1) is 0 Å². The highest BCUT2D eigenvalue weighted by Gasteiger charge is 2.07. The molecule has 2 aromatic rings. The summed E-state index contributed by atoms with van der Waals surface area (Å²) < 4.78 is 22.4. The highest BCUT2D eigenvalue weighted by Crippen LogP contribution is 2.22. The molecule has 2 aromatic carbocycles. The molecule has 0 spiro atoms. The van der Waals surface area contributed by atoms with Gasteiger partial charge in [-0.3, -0.25) is 4.79 Å². The summed E-state index contributed by atoms with van der Waals surface area (Å²) in [5, 5.41) is 13.7. The number of benzene rings is 2. The van der Waals surface area contributed by atoms with Gasteiger partial charge in [0.25, 0.3) is 0 Å². The molecule has 0 amide bonds. The van der Waals surface area contributed by atoms with Crippen LogP contribution in [-0.2, 0) is 21.2 Å². The van der Waals surface area contributed by atoms with E-state index in [1.807, 2.05) is 24.3 Å². The van der Waals surface area contributed by atoms with E-state index in [2.05, 4.69) is 0 Å². The average molecular weight is 319 g/mol.